The van der Waals surface area contributed by atoms with E-state index < -0.39 is 24.8 Å². The molecule has 4 rings (SSSR count). The van der Waals surface area contributed by atoms with E-state index in [1.165, 1.54) is 16.2 Å². The third kappa shape index (κ3) is 12.1. The Morgan fingerprint density at radius 3 is 2.23 bits per heavy atom. The number of aromatic nitrogens is 2. The van der Waals surface area contributed by atoms with E-state index in [0.29, 0.717) is 38.1 Å². The van der Waals surface area contributed by atoms with E-state index >= 15 is 0 Å². The number of hydrogen-bond acceptors (Lipinski definition) is 9. The van der Waals surface area contributed by atoms with Gasteiger partial charge in [0.2, 0.25) is 0 Å². The Balaban J connectivity index is 1.40. The number of aliphatic hydroxyl groups is 1. The average Bonchev–Trinajstić information content (AvgIpc) is 3.79. The van der Waals surface area contributed by atoms with Gasteiger partial charge in [-0.05, 0) is 42.7 Å². The van der Waals surface area contributed by atoms with Crippen LogP contribution in [0.1, 0.15) is 65.7 Å². The lowest BCUT2D eigenvalue weighted by molar-refractivity contribution is -0.122. The van der Waals surface area contributed by atoms with Crippen LogP contribution in [0.4, 0.5) is 9.59 Å². The summed E-state index contributed by atoms with van der Waals surface area (Å²) in [6, 6.07) is 18.1. The lowest BCUT2D eigenvalue weighted by atomic mass is 9.86. The van der Waals surface area contributed by atoms with Gasteiger partial charge in [0, 0.05) is 37.0 Å². The molecule has 0 saturated heterocycles. The lowest BCUT2D eigenvalue weighted by Gasteiger charge is -2.25. The zero-order valence-electron chi connectivity index (χ0n) is 27.7. The first-order valence-corrected chi connectivity index (χ1v) is 17.9. The maximum Gasteiger partial charge on any atom is 0.407 e. The molecular formula is C36H45N5O5S2. The number of ether oxygens (including phenoxy) is 1. The van der Waals surface area contributed by atoms with Gasteiger partial charge < -0.3 is 25.4 Å². The summed E-state index contributed by atoms with van der Waals surface area (Å²) < 4.78 is 5.46. The fourth-order valence-electron chi connectivity index (χ4n) is 5.33. The standard InChI is InChI=1S/C36H45N5O5S2/c1-25(2)34-38-30(23-47-34)20-41(3)35(44)40-32(21-42)33(43)18-28(16-26-10-6-4-7-11-26)14-15-29(17-27-12-8-5-9-13-27)39-36(45)46-22-31-19-37-24-48-31/h4-13,19,23-25,28-29,32,42H,14-18,20-22H2,1-3H3,(H,39,45)(H,40,44)/t28-,29-,32+/m1/s1. The fourth-order valence-corrected chi connectivity index (χ4v) is 6.66. The topological polar surface area (TPSA) is 134 Å². The number of amides is 3. The van der Waals surface area contributed by atoms with Crippen LogP contribution < -0.4 is 10.6 Å². The molecule has 2 aromatic carbocycles. The number of nitrogens with one attached hydrogen (secondary N) is 2. The summed E-state index contributed by atoms with van der Waals surface area (Å²) in [5.74, 6) is -0.0377. The second-order valence-electron chi connectivity index (χ2n) is 12.3. The van der Waals surface area contributed by atoms with E-state index in [9.17, 15) is 19.5 Å². The van der Waals surface area contributed by atoms with Crippen LogP contribution >= 0.6 is 22.7 Å². The van der Waals surface area contributed by atoms with Crippen molar-refractivity contribution in [1.29, 1.82) is 0 Å². The van der Waals surface area contributed by atoms with Gasteiger partial charge in [-0.2, -0.15) is 0 Å². The lowest BCUT2D eigenvalue weighted by Crippen LogP contribution is -2.48. The van der Waals surface area contributed by atoms with E-state index in [-0.39, 0.29) is 30.8 Å². The molecule has 3 N–H and O–H groups in total. The molecule has 256 valence electrons. The summed E-state index contributed by atoms with van der Waals surface area (Å²) in [5, 5.41) is 18.8. The van der Waals surface area contributed by atoms with Crippen molar-refractivity contribution in [3.8, 4) is 0 Å². The molecule has 0 aliphatic heterocycles. The van der Waals surface area contributed by atoms with Crippen LogP contribution in [0.25, 0.3) is 0 Å². The first-order chi connectivity index (χ1) is 23.2. The van der Waals surface area contributed by atoms with Crippen molar-refractivity contribution >= 4 is 40.6 Å². The first-order valence-electron chi connectivity index (χ1n) is 16.2. The summed E-state index contributed by atoms with van der Waals surface area (Å²) in [4.78, 5) is 50.4. The number of benzene rings is 2. The van der Waals surface area contributed by atoms with Crippen molar-refractivity contribution in [2.24, 2.45) is 5.92 Å². The molecule has 0 saturated carbocycles. The Bertz CT molecular complexity index is 1550. The maximum atomic E-state index is 13.6. The molecule has 0 unspecified atom stereocenters. The minimum Gasteiger partial charge on any atom is -0.444 e. The molecule has 10 nitrogen and oxygen atoms in total. The van der Waals surface area contributed by atoms with Crippen molar-refractivity contribution in [3.05, 3.63) is 104 Å². The van der Waals surface area contributed by atoms with Gasteiger partial charge in [0.25, 0.3) is 0 Å². The summed E-state index contributed by atoms with van der Waals surface area (Å²) in [5.41, 5.74) is 4.63. The van der Waals surface area contributed by atoms with E-state index in [1.54, 1.807) is 30.1 Å². The number of alkyl carbamates (subject to hydrolysis) is 1. The van der Waals surface area contributed by atoms with E-state index in [1.807, 2.05) is 66.0 Å². The summed E-state index contributed by atoms with van der Waals surface area (Å²) in [6.45, 7) is 4.07. The molecule has 0 aliphatic rings. The number of thiazole rings is 2. The van der Waals surface area contributed by atoms with Crippen LogP contribution in [0, 0.1) is 5.92 Å². The Morgan fingerprint density at radius 2 is 1.62 bits per heavy atom. The van der Waals surface area contributed by atoms with Crippen molar-refractivity contribution in [2.75, 3.05) is 13.7 Å². The Hall–Kier alpha value is -4.13. The van der Waals surface area contributed by atoms with Gasteiger partial charge in [-0.1, -0.05) is 74.5 Å². The second kappa shape index (κ2) is 19.0. The molecule has 2 aromatic heterocycles. The normalized spacial score (nSPS) is 13.0. The van der Waals surface area contributed by atoms with E-state index in [2.05, 4.69) is 34.4 Å². The number of Topliss-reactive ketones (excluding diaryl/α,β-unsaturated/α-hetero) is 1. The number of aliphatic hydroxyl groups excluding tert-OH is 1. The number of nitrogens with zero attached hydrogens (tertiary/aromatic N) is 3. The van der Waals surface area contributed by atoms with Gasteiger partial charge >= 0.3 is 12.1 Å². The van der Waals surface area contributed by atoms with Crippen LogP contribution in [-0.2, 0) is 35.5 Å². The van der Waals surface area contributed by atoms with Crippen molar-refractivity contribution in [2.45, 2.75) is 77.1 Å². The maximum absolute atomic E-state index is 13.6. The zero-order chi connectivity index (χ0) is 34.3. The van der Waals surface area contributed by atoms with Crippen molar-refractivity contribution in [1.82, 2.24) is 25.5 Å². The molecule has 0 bridgehead atoms. The number of hydrogen-bond donors (Lipinski definition) is 3. The zero-order valence-corrected chi connectivity index (χ0v) is 29.3. The molecule has 3 atom stereocenters. The second-order valence-corrected chi connectivity index (χ2v) is 14.1. The largest absolute Gasteiger partial charge is 0.444 e. The third-order valence-corrected chi connectivity index (χ3v) is 9.88. The van der Waals surface area contributed by atoms with Crippen LogP contribution in [0.5, 0.6) is 0 Å². The molecule has 0 fully saturated rings. The van der Waals surface area contributed by atoms with E-state index in [0.717, 1.165) is 26.7 Å². The van der Waals surface area contributed by atoms with Crippen LogP contribution in [0.2, 0.25) is 0 Å². The molecule has 48 heavy (non-hydrogen) atoms. The average molecular weight is 692 g/mol. The van der Waals surface area contributed by atoms with Crippen LogP contribution in [0.15, 0.2) is 77.8 Å². The molecule has 0 spiro atoms. The molecule has 4 aromatic rings. The number of ketones is 1. The monoisotopic (exact) mass is 691 g/mol. The van der Waals surface area contributed by atoms with Gasteiger partial charge in [-0.3, -0.25) is 9.78 Å². The fraction of sp³-hybridized carbons (Fsp3) is 0.417. The molecule has 3 amide bonds. The van der Waals surface area contributed by atoms with Crippen molar-refractivity contribution < 1.29 is 24.2 Å². The highest BCUT2D eigenvalue weighted by Crippen LogP contribution is 2.23. The highest BCUT2D eigenvalue weighted by Gasteiger charge is 2.26. The summed E-state index contributed by atoms with van der Waals surface area (Å²) >= 11 is 2.98. The number of urea groups is 1. The van der Waals surface area contributed by atoms with Crippen molar-refractivity contribution in [3.63, 3.8) is 0 Å². The van der Waals surface area contributed by atoms with Crippen LogP contribution in [-0.4, -0.2) is 63.6 Å². The predicted octanol–water partition coefficient (Wildman–Crippen LogP) is 6.36. The Labute approximate surface area is 290 Å². The van der Waals surface area contributed by atoms with Gasteiger partial charge in [-0.25, -0.2) is 14.6 Å². The molecule has 0 radical (unpaired) electrons. The Kier molecular flexibility index (Phi) is 14.5. The minimum atomic E-state index is -1.04. The molecular weight excluding hydrogens is 647 g/mol. The number of carbonyl (C=O) groups is 3. The van der Waals surface area contributed by atoms with E-state index in [4.69, 9.17) is 4.74 Å². The smallest absolute Gasteiger partial charge is 0.407 e. The van der Waals surface area contributed by atoms with Gasteiger partial charge in [0.1, 0.15) is 12.6 Å². The quantitative estimate of drug-likeness (QED) is 0.111. The molecule has 12 heteroatoms. The number of rotatable bonds is 18. The van der Waals surface area contributed by atoms with Gasteiger partial charge in [0.15, 0.2) is 5.78 Å². The summed E-state index contributed by atoms with van der Waals surface area (Å²) in [6.07, 6.45) is 3.78. The highest BCUT2D eigenvalue weighted by molar-refractivity contribution is 7.09. The first kappa shape index (κ1) is 36.7. The molecule has 0 aliphatic carbocycles. The third-order valence-electron chi connectivity index (χ3n) is 7.93. The predicted molar refractivity (Wildman–Crippen MR) is 189 cm³/mol. The SMILES string of the molecule is CC(C)c1nc(CN(C)C(=O)N[C@@H](CO)C(=O)C[C@H](CC[C@H](Cc2ccccc2)NC(=O)OCc2cncs2)Cc2ccccc2)cs1. The van der Waals surface area contributed by atoms with Crippen LogP contribution in [0.3, 0.4) is 0 Å². The Morgan fingerprint density at radius 1 is 0.938 bits per heavy atom. The summed E-state index contributed by atoms with van der Waals surface area (Å²) in [7, 11) is 1.64. The van der Waals surface area contributed by atoms with Gasteiger partial charge in [-0.15, -0.1) is 22.7 Å². The minimum absolute atomic E-state index is 0.0960. The number of carbonyl (C=O) groups excluding carboxylic acids is 3. The highest BCUT2D eigenvalue weighted by atomic mass is 32.1. The molecule has 2 heterocycles. The van der Waals surface area contributed by atoms with Gasteiger partial charge in [0.05, 0.1) is 34.2 Å².